The third-order valence-corrected chi connectivity index (χ3v) is 3.81. The molecule has 0 aliphatic heterocycles. The van der Waals surface area contributed by atoms with Crippen molar-refractivity contribution in [3.63, 3.8) is 0 Å². The zero-order chi connectivity index (χ0) is 17.4. The summed E-state index contributed by atoms with van der Waals surface area (Å²) in [6.07, 6.45) is 0. The van der Waals surface area contributed by atoms with E-state index >= 15 is 0 Å². The van der Waals surface area contributed by atoms with E-state index in [2.05, 4.69) is 5.32 Å². The van der Waals surface area contributed by atoms with Crippen molar-refractivity contribution in [2.45, 2.75) is 13.0 Å². The van der Waals surface area contributed by atoms with Gasteiger partial charge in [0.05, 0.1) is 12.5 Å². The minimum absolute atomic E-state index is 0. The number of carbonyl (C=O) groups is 1. The third kappa shape index (κ3) is 6.38. The molecular formula is C19H25ClN2O3. The highest BCUT2D eigenvalue weighted by Gasteiger charge is 2.22. The van der Waals surface area contributed by atoms with Crippen molar-refractivity contribution in [3.05, 3.63) is 60.2 Å². The molecule has 0 saturated heterocycles. The van der Waals surface area contributed by atoms with Crippen molar-refractivity contribution in [2.24, 2.45) is 11.7 Å². The second-order valence-corrected chi connectivity index (χ2v) is 5.58. The van der Waals surface area contributed by atoms with Crippen LogP contribution in [-0.4, -0.2) is 26.2 Å². The molecule has 0 spiro atoms. The number of ether oxygens (including phenoxy) is 2. The lowest BCUT2D eigenvalue weighted by Gasteiger charge is -2.20. The fourth-order valence-electron chi connectivity index (χ4n) is 2.26. The van der Waals surface area contributed by atoms with Crippen LogP contribution < -0.4 is 15.8 Å². The number of hydrogen-bond donors (Lipinski definition) is 2. The largest absolute Gasteiger partial charge is 0.491 e. The number of methoxy groups -OCH3 is 1. The smallest absolute Gasteiger partial charge is 0.229 e. The second kappa shape index (κ2) is 10.7. The Hall–Kier alpha value is -2.08. The van der Waals surface area contributed by atoms with Crippen molar-refractivity contribution in [1.82, 2.24) is 0 Å². The number of carbonyl (C=O) groups excluding carboxylic acids is 1. The summed E-state index contributed by atoms with van der Waals surface area (Å²) in [5, 5.41) is 2.89. The van der Waals surface area contributed by atoms with Gasteiger partial charge >= 0.3 is 0 Å². The summed E-state index contributed by atoms with van der Waals surface area (Å²) in [4.78, 5) is 12.4. The first-order valence-corrected chi connectivity index (χ1v) is 7.95. The predicted octanol–water partition coefficient (Wildman–Crippen LogP) is 3.41. The predicted molar refractivity (Wildman–Crippen MR) is 102 cm³/mol. The maximum absolute atomic E-state index is 12.4. The lowest BCUT2D eigenvalue weighted by molar-refractivity contribution is -0.120. The molecule has 2 rings (SSSR count). The SMILES string of the molecule is COCCOc1ccc(NC(=O)C(C)C(N)c2ccccc2)cc1.Cl. The van der Waals surface area contributed by atoms with Crippen LogP contribution in [0.5, 0.6) is 5.75 Å². The van der Waals surface area contributed by atoms with E-state index in [9.17, 15) is 4.79 Å². The van der Waals surface area contributed by atoms with E-state index in [4.69, 9.17) is 15.2 Å². The Balaban J connectivity index is 0.00000312. The third-order valence-electron chi connectivity index (χ3n) is 3.81. The standard InChI is InChI=1S/C19H24N2O3.ClH/c1-14(18(20)15-6-4-3-5-7-15)19(22)21-16-8-10-17(11-9-16)24-13-12-23-2;/h3-11,14,18H,12-13,20H2,1-2H3,(H,21,22);1H. The fraction of sp³-hybridized carbons (Fsp3) is 0.316. The summed E-state index contributed by atoms with van der Waals surface area (Å²) in [5.41, 5.74) is 7.85. The van der Waals surface area contributed by atoms with Crippen LogP contribution >= 0.6 is 12.4 Å². The summed E-state index contributed by atoms with van der Waals surface area (Å²) in [5.74, 6) is 0.281. The van der Waals surface area contributed by atoms with Crippen molar-refractivity contribution < 1.29 is 14.3 Å². The van der Waals surface area contributed by atoms with E-state index < -0.39 is 0 Å². The van der Waals surface area contributed by atoms with Gasteiger partial charge in [0.1, 0.15) is 12.4 Å². The maximum atomic E-state index is 12.4. The molecule has 0 fully saturated rings. The lowest BCUT2D eigenvalue weighted by Crippen LogP contribution is -2.30. The molecule has 0 saturated carbocycles. The van der Waals surface area contributed by atoms with E-state index in [0.29, 0.717) is 18.9 Å². The first-order chi connectivity index (χ1) is 11.6. The van der Waals surface area contributed by atoms with Crippen LogP contribution in [0.25, 0.3) is 0 Å². The molecule has 0 heterocycles. The van der Waals surface area contributed by atoms with E-state index in [1.54, 1.807) is 19.2 Å². The molecule has 0 bridgehead atoms. The Bertz CT molecular complexity index is 635. The summed E-state index contributed by atoms with van der Waals surface area (Å²) in [7, 11) is 1.63. The number of nitrogens with one attached hydrogen (secondary N) is 1. The second-order valence-electron chi connectivity index (χ2n) is 5.58. The molecule has 5 nitrogen and oxygen atoms in total. The average Bonchev–Trinajstić information content (AvgIpc) is 2.63. The van der Waals surface area contributed by atoms with Gasteiger partial charge in [0.25, 0.3) is 0 Å². The van der Waals surface area contributed by atoms with Crippen LogP contribution in [-0.2, 0) is 9.53 Å². The van der Waals surface area contributed by atoms with Gasteiger partial charge in [-0.1, -0.05) is 37.3 Å². The topological polar surface area (TPSA) is 73.6 Å². The Morgan fingerprint density at radius 3 is 2.32 bits per heavy atom. The highest BCUT2D eigenvalue weighted by molar-refractivity contribution is 5.92. The minimum Gasteiger partial charge on any atom is -0.491 e. The maximum Gasteiger partial charge on any atom is 0.229 e. The molecule has 136 valence electrons. The van der Waals surface area contributed by atoms with Gasteiger partial charge in [0.2, 0.25) is 5.91 Å². The highest BCUT2D eigenvalue weighted by atomic mass is 35.5. The zero-order valence-electron chi connectivity index (χ0n) is 14.5. The average molecular weight is 365 g/mol. The summed E-state index contributed by atoms with van der Waals surface area (Å²) in [6, 6.07) is 16.5. The number of benzene rings is 2. The zero-order valence-corrected chi connectivity index (χ0v) is 15.3. The Morgan fingerprint density at radius 1 is 1.08 bits per heavy atom. The Morgan fingerprint density at radius 2 is 1.72 bits per heavy atom. The van der Waals surface area contributed by atoms with E-state index in [-0.39, 0.29) is 30.3 Å². The molecule has 0 aliphatic carbocycles. The number of rotatable bonds is 8. The van der Waals surface area contributed by atoms with Crippen LogP contribution in [0.15, 0.2) is 54.6 Å². The van der Waals surface area contributed by atoms with E-state index in [1.807, 2.05) is 49.4 Å². The van der Waals surface area contributed by atoms with Gasteiger partial charge in [0, 0.05) is 18.8 Å². The molecule has 6 heteroatoms. The van der Waals surface area contributed by atoms with Crippen LogP contribution in [0.2, 0.25) is 0 Å². The van der Waals surface area contributed by atoms with Crippen molar-refractivity contribution >= 4 is 24.0 Å². The normalized spacial score (nSPS) is 12.6. The van der Waals surface area contributed by atoms with Crippen LogP contribution in [0, 0.1) is 5.92 Å². The van der Waals surface area contributed by atoms with Gasteiger partial charge in [-0.25, -0.2) is 0 Å². The van der Waals surface area contributed by atoms with Gasteiger partial charge in [-0.05, 0) is 29.8 Å². The quantitative estimate of drug-likeness (QED) is 0.704. The van der Waals surface area contributed by atoms with E-state index in [1.165, 1.54) is 0 Å². The van der Waals surface area contributed by atoms with Crippen molar-refractivity contribution in [1.29, 1.82) is 0 Å². The lowest BCUT2D eigenvalue weighted by atomic mass is 9.94. The number of halogens is 1. The van der Waals surface area contributed by atoms with Gasteiger partial charge in [-0.2, -0.15) is 0 Å². The molecule has 2 aromatic carbocycles. The van der Waals surface area contributed by atoms with Gasteiger partial charge in [-0.15, -0.1) is 12.4 Å². The summed E-state index contributed by atoms with van der Waals surface area (Å²) >= 11 is 0. The minimum atomic E-state index is -0.345. The van der Waals surface area contributed by atoms with E-state index in [0.717, 1.165) is 11.3 Å². The van der Waals surface area contributed by atoms with Crippen LogP contribution in [0.1, 0.15) is 18.5 Å². The molecule has 2 aromatic rings. The summed E-state index contributed by atoms with van der Waals surface area (Å²) in [6.45, 7) is 2.85. The Labute approximate surface area is 154 Å². The first-order valence-electron chi connectivity index (χ1n) is 7.95. The molecule has 0 aliphatic rings. The van der Waals surface area contributed by atoms with Crippen LogP contribution in [0.4, 0.5) is 5.69 Å². The van der Waals surface area contributed by atoms with Crippen molar-refractivity contribution in [2.75, 3.05) is 25.6 Å². The highest BCUT2D eigenvalue weighted by Crippen LogP contribution is 2.22. The Kier molecular flexibility index (Phi) is 8.99. The monoisotopic (exact) mass is 364 g/mol. The molecule has 0 radical (unpaired) electrons. The number of nitrogens with two attached hydrogens (primary N) is 1. The summed E-state index contributed by atoms with van der Waals surface area (Å²) < 4.78 is 10.4. The molecule has 2 atom stereocenters. The molecule has 1 amide bonds. The fourth-order valence-corrected chi connectivity index (χ4v) is 2.26. The molecule has 25 heavy (non-hydrogen) atoms. The molecule has 2 unspecified atom stereocenters. The number of amides is 1. The molecular weight excluding hydrogens is 340 g/mol. The number of anilines is 1. The molecule has 0 aromatic heterocycles. The van der Waals surface area contributed by atoms with Gasteiger partial charge in [-0.3, -0.25) is 4.79 Å². The van der Waals surface area contributed by atoms with Gasteiger partial charge < -0.3 is 20.5 Å². The van der Waals surface area contributed by atoms with Crippen LogP contribution in [0.3, 0.4) is 0 Å². The van der Waals surface area contributed by atoms with Gasteiger partial charge in [0.15, 0.2) is 0 Å². The molecule has 3 N–H and O–H groups in total. The number of hydrogen-bond acceptors (Lipinski definition) is 4. The first kappa shape index (κ1) is 21.0. The van der Waals surface area contributed by atoms with Crippen molar-refractivity contribution in [3.8, 4) is 5.75 Å².